The van der Waals surface area contributed by atoms with Crippen LogP contribution in [0.5, 0.6) is 0 Å². The molecule has 3 rings (SSSR count). The molecule has 20 nitrogen and oxygen atoms in total. The summed E-state index contributed by atoms with van der Waals surface area (Å²) in [7, 11) is -5.39. The lowest BCUT2D eigenvalue weighted by molar-refractivity contribution is -0.359. The second-order valence-electron chi connectivity index (χ2n) is 26.0. The molecule has 8 unspecified atom stereocenters. The quantitative estimate of drug-likeness (QED) is 0.0199. The standard InChI is InChI=1S/C67H131O20P/c1-4-7-10-13-16-19-22-25-27-30-33-36-39-42-45-52-54(69)56(71)61(76)66(83-52)85-63-59(74)58(73)60(75)64(86-67-62(77)57(72)55(70)53(48-68)84-67)65(63)87-88(78,79)82-50-51(49-80-46-43-40-37-34-31-28-24-21-18-15-12-9-6-3)81-47-44-41-38-35-32-29-26-23-20-17-14-11-8-5-2/h51-77H,4-50H2,1-3H3,(H,78,79)/t51-,52?,53?,54+,55-,56+,57?,58+,59?,60+,61?,62-,63?,64?,65-,66+,67-/m1/s1. The fourth-order valence-electron chi connectivity index (χ4n) is 12.4. The molecule has 0 spiro atoms. The maximum Gasteiger partial charge on any atom is 0.472 e. The maximum atomic E-state index is 14.3. The lowest BCUT2D eigenvalue weighted by Gasteiger charge is -2.49. The van der Waals surface area contributed by atoms with E-state index >= 15 is 0 Å². The van der Waals surface area contributed by atoms with Crippen molar-refractivity contribution < 1.29 is 98.0 Å². The summed E-state index contributed by atoms with van der Waals surface area (Å²) in [5.74, 6) is 0. The molecule has 3 fully saturated rings. The van der Waals surface area contributed by atoms with Gasteiger partial charge in [-0.2, -0.15) is 0 Å². The van der Waals surface area contributed by atoms with Gasteiger partial charge in [0.1, 0.15) is 85.5 Å². The van der Waals surface area contributed by atoms with Crippen LogP contribution in [0.3, 0.4) is 0 Å². The molecule has 0 aromatic carbocycles. The van der Waals surface area contributed by atoms with Gasteiger partial charge < -0.3 is 84.4 Å². The van der Waals surface area contributed by atoms with E-state index in [0.29, 0.717) is 19.6 Å². The first-order valence-corrected chi connectivity index (χ1v) is 37.3. The van der Waals surface area contributed by atoms with Crippen LogP contribution in [-0.2, 0) is 42.0 Å². The Hall–Kier alpha value is -0.530. The number of phosphoric acid groups is 1. The number of phosphoric ester groups is 1. The van der Waals surface area contributed by atoms with Crippen LogP contribution in [0, 0.1) is 0 Å². The summed E-state index contributed by atoms with van der Waals surface area (Å²) in [5, 5.41) is 110. The Morgan fingerprint density at radius 3 is 1.06 bits per heavy atom. The number of aliphatic hydroxyl groups excluding tert-OH is 10. The van der Waals surface area contributed by atoms with Crippen LogP contribution < -0.4 is 0 Å². The molecule has 1 saturated carbocycles. The van der Waals surface area contributed by atoms with E-state index in [2.05, 4.69) is 20.8 Å². The van der Waals surface area contributed by atoms with E-state index in [9.17, 15) is 60.5 Å². The second kappa shape index (κ2) is 50.8. The Morgan fingerprint density at radius 1 is 0.364 bits per heavy atom. The predicted molar refractivity (Wildman–Crippen MR) is 340 cm³/mol. The van der Waals surface area contributed by atoms with Crippen molar-refractivity contribution in [3.8, 4) is 0 Å². The Bertz CT molecular complexity index is 1620. The Labute approximate surface area is 531 Å². The Kier molecular flexibility index (Phi) is 47.2. The number of rotatable bonds is 57. The Balaban J connectivity index is 1.70. The van der Waals surface area contributed by atoms with Gasteiger partial charge in [0, 0.05) is 13.2 Å². The monoisotopic (exact) mass is 1290 g/mol. The first-order chi connectivity index (χ1) is 42.6. The molecule has 2 aliphatic heterocycles. The lowest BCUT2D eigenvalue weighted by Crippen LogP contribution is -2.69. The minimum absolute atomic E-state index is 0.0180. The van der Waals surface area contributed by atoms with E-state index in [1.807, 2.05) is 0 Å². The van der Waals surface area contributed by atoms with E-state index in [1.54, 1.807) is 0 Å². The molecule has 0 amide bonds. The van der Waals surface area contributed by atoms with Gasteiger partial charge in [-0.25, -0.2) is 4.57 Å². The molecule has 21 heteroatoms. The largest absolute Gasteiger partial charge is 0.472 e. The summed E-state index contributed by atoms with van der Waals surface area (Å²) in [4.78, 5) is 11.6. The number of hydrogen-bond donors (Lipinski definition) is 11. The summed E-state index contributed by atoms with van der Waals surface area (Å²) < 4.78 is 61.6. The van der Waals surface area contributed by atoms with Crippen molar-refractivity contribution in [3.63, 3.8) is 0 Å². The van der Waals surface area contributed by atoms with Crippen molar-refractivity contribution in [2.75, 3.05) is 33.0 Å². The van der Waals surface area contributed by atoms with Gasteiger partial charge in [-0.1, -0.05) is 271 Å². The number of hydrogen-bond acceptors (Lipinski definition) is 19. The number of ether oxygens (including phenoxy) is 6. The minimum Gasteiger partial charge on any atom is -0.394 e. The molecule has 0 radical (unpaired) electrons. The van der Waals surface area contributed by atoms with Crippen LogP contribution in [-0.4, -0.2) is 193 Å². The molecule has 0 bridgehead atoms. The van der Waals surface area contributed by atoms with Crippen molar-refractivity contribution in [2.45, 2.75) is 395 Å². The first kappa shape index (κ1) is 81.7. The average Bonchev–Trinajstić information content (AvgIpc) is 1.57. The zero-order valence-corrected chi connectivity index (χ0v) is 56.0. The van der Waals surface area contributed by atoms with Gasteiger partial charge >= 0.3 is 7.82 Å². The fourth-order valence-corrected chi connectivity index (χ4v) is 13.4. The molecule has 0 aromatic rings. The van der Waals surface area contributed by atoms with Crippen molar-refractivity contribution in [2.24, 2.45) is 0 Å². The van der Waals surface area contributed by atoms with Crippen LogP contribution in [0.1, 0.15) is 290 Å². The van der Waals surface area contributed by atoms with Gasteiger partial charge in [0.25, 0.3) is 0 Å². The third kappa shape index (κ3) is 33.7. The molecular formula is C67H131O20P. The van der Waals surface area contributed by atoms with Crippen LogP contribution >= 0.6 is 7.82 Å². The molecular weight excluding hydrogens is 1160 g/mol. The summed E-state index contributed by atoms with van der Waals surface area (Å²) in [5.41, 5.74) is 0. The average molecular weight is 1290 g/mol. The predicted octanol–water partition coefficient (Wildman–Crippen LogP) is 10.8. The van der Waals surface area contributed by atoms with Gasteiger partial charge in [-0.15, -0.1) is 0 Å². The molecule has 18 atom stereocenters. The topological polar surface area (TPSA) is 313 Å². The van der Waals surface area contributed by atoms with Crippen molar-refractivity contribution in [3.05, 3.63) is 0 Å². The van der Waals surface area contributed by atoms with E-state index in [1.165, 1.54) is 180 Å². The van der Waals surface area contributed by atoms with E-state index in [0.717, 1.165) is 77.0 Å². The van der Waals surface area contributed by atoms with E-state index in [-0.39, 0.29) is 13.0 Å². The summed E-state index contributed by atoms with van der Waals surface area (Å²) in [6, 6.07) is 0. The highest BCUT2D eigenvalue weighted by atomic mass is 31.2. The fraction of sp³-hybridized carbons (Fsp3) is 1.00. The maximum absolute atomic E-state index is 14.3. The van der Waals surface area contributed by atoms with Gasteiger partial charge in [0.15, 0.2) is 12.6 Å². The lowest BCUT2D eigenvalue weighted by atomic mass is 9.84. The minimum atomic E-state index is -5.39. The normalized spacial score (nSPS) is 29.6. The van der Waals surface area contributed by atoms with Crippen molar-refractivity contribution in [1.82, 2.24) is 0 Å². The van der Waals surface area contributed by atoms with E-state index in [4.69, 9.17) is 37.5 Å². The number of unbranched alkanes of at least 4 members (excludes halogenated alkanes) is 38. The zero-order chi connectivity index (χ0) is 64.2. The molecule has 0 aromatic heterocycles. The molecule has 524 valence electrons. The molecule has 2 heterocycles. The van der Waals surface area contributed by atoms with Crippen LogP contribution in [0.4, 0.5) is 0 Å². The molecule has 2 saturated heterocycles. The summed E-state index contributed by atoms with van der Waals surface area (Å²) >= 11 is 0. The van der Waals surface area contributed by atoms with Gasteiger partial charge in [0.05, 0.1) is 25.9 Å². The molecule has 11 N–H and O–H groups in total. The van der Waals surface area contributed by atoms with Gasteiger partial charge in [-0.3, -0.25) is 9.05 Å². The smallest absolute Gasteiger partial charge is 0.394 e. The molecule has 88 heavy (non-hydrogen) atoms. The van der Waals surface area contributed by atoms with E-state index < -0.39 is 125 Å². The number of aliphatic hydroxyl groups is 10. The van der Waals surface area contributed by atoms with Crippen LogP contribution in [0.15, 0.2) is 0 Å². The van der Waals surface area contributed by atoms with Crippen molar-refractivity contribution >= 4 is 7.82 Å². The highest BCUT2D eigenvalue weighted by Crippen LogP contribution is 2.49. The third-order valence-electron chi connectivity index (χ3n) is 18.2. The Morgan fingerprint density at radius 2 is 0.682 bits per heavy atom. The molecule has 3 aliphatic rings. The van der Waals surface area contributed by atoms with Crippen LogP contribution in [0.2, 0.25) is 0 Å². The third-order valence-corrected chi connectivity index (χ3v) is 19.2. The highest BCUT2D eigenvalue weighted by Gasteiger charge is 2.58. The molecule has 1 aliphatic carbocycles. The SMILES string of the molecule is CCCCCCCCCCCCCCCCO[C@H](COCCCCCCCCCCCCCCC)COP(=O)(O)O[C@@H]1C(O[C@@H]2OC(CCCCCCCCCCCCCCCC)[C@H](O)[C@H](O)C2O)C(O)[C@H](O)[C@H](O)C1O[C@H]1OC(CO)[C@@H](O)C(O)[C@H]1O. The zero-order valence-electron chi connectivity index (χ0n) is 55.1. The summed E-state index contributed by atoms with van der Waals surface area (Å²) in [6.07, 6.45) is 17.0. The summed E-state index contributed by atoms with van der Waals surface area (Å²) in [6.45, 7) is 6.08. The second-order valence-corrected chi connectivity index (χ2v) is 27.4. The highest BCUT2D eigenvalue weighted by molar-refractivity contribution is 7.47. The van der Waals surface area contributed by atoms with Gasteiger partial charge in [-0.05, 0) is 19.3 Å². The van der Waals surface area contributed by atoms with Crippen LogP contribution in [0.25, 0.3) is 0 Å². The van der Waals surface area contributed by atoms with Crippen molar-refractivity contribution in [1.29, 1.82) is 0 Å². The first-order valence-electron chi connectivity index (χ1n) is 35.8. The van der Waals surface area contributed by atoms with Gasteiger partial charge in [0.2, 0.25) is 0 Å².